The molecule has 1 aromatic rings. The summed E-state index contributed by atoms with van der Waals surface area (Å²) < 4.78 is 23.9. The van der Waals surface area contributed by atoms with Crippen LogP contribution in [0.3, 0.4) is 0 Å². The van der Waals surface area contributed by atoms with E-state index in [-0.39, 0.29) is 18.9 Å². The lowest BCUT2D eigenvalue weighted by Crippen LogP contribution is -2.26. The molecule has 0 aliphatic rings. The molecule has 0 bridgehead atoms. The Labute approximate surface area is 108 Å². The van der Waals surface area contributed by atoms with Gasteiger partial charge in [-0.1, -0.05) is 12.1 Å². The third kappa shape index (κ3) is 4.85. The summed E-state index contributed by atoms with van der Waals surface area (Å²) in [5.41, 5.74) is 2.88. The highest BCUT2D eigenvalue weighted by atomic mass is 32.2. The summed E-state index contributed by atoms with van der Waals surface area (Å²) in [4.78, 5) is 11.6. The third-order valence-corrected chi connectivity index (χ3v) is 3.32. The number of carbonyl (C=O) groups is 1. The molecule has 18 heavy (non-hydrogen) atoms. The van der Waals surface area contributed by atoms with Crippen LogP contribution in [0.25, 0.3) is 0 Å². The summed E-state index contributed by atoms with van der Waals surface area (Å²) in [5.74, 6) is -0.208. The van der Waals surface area contributed by atoms with Crippen LogP contribution in [0.2, 0.25) is 0 Å². The van der Waals surface area contributed by atoms with Gasteiger partial charge in [0.25, 0.3) is 0 Å². The SMILES string of the molecule is Cc1cccc(NC(=O)CCNS(C)(=O)=O)c1C. The van der Waals surface area contributed by atoms with E-state index in [9.17, 15) is 13.2 Å². The van der Waals surface area contributed by atoms with Gasteiger partial charge in [-0.3, -0.25) is 4.79 Å². The number of nitrogens with one attached hydrogen (secondary N) is 2. The molecule has 0 fully saturated rings. The van der Waals surface area contributed by atoms with Crippen LogP contribution in [-0.4, -0.2) is 27.1 Å². The molecule has 100 valence electrons. The molecule has 0 saturated carbocycles. The highest BCUT2D eigenvalue weighted by Crippen LogP contribution is 2.17. The average molecular weight is 270 g/mol. The molecule has 6 heteroatoms. The average Bonchev–Trinajstić information content (AvgIpc) is 2.23. The van der Waals surface area contributed by atoms with Crippen molar-refractivity contribution >= 4 is 21.6 Å². The molecule has 0 aliphatic carbocycles. The van der Waals surface area contributed by atoms with Crippen molar-refractivity contribution in [3.63, 3.8) is 0 Å². The van der Waals surface area contributed by atoms with E-state index >= 15 is 0 Å². The fourth-order valence-corrected chi connectivity index (χ4v) is 1.92. The van der Waals surface area contributed by atoms with E-state index in [2.05, 4.69) is 10.0 Å². The smallest absolute Gasteiger partial charge is 0.225 e. The second-order valence-electron chi connectivity index (χ2n) is 4.21. The molecule has 0 spiro atoms. The Bertz CT molecular complexity index is 538. The molecule has 0 saturated heterocycles. The Morgan fingerprint density at radius 1 is 1.28 bits per heavy atom. The van der Waals surface area contributed by atoms with Crippen LogP contribution in [-0.2, 0) is 14.8 Å². The number of anilines is 1. The minimum Gasteiger partial charge on any atom is -0.326 e. The van der Waals surface area contributed by atoms with E-state index in [0.717, 1.165) is 23.1 Å². The lowest BCUT2D eigenvalue weighted by atomic mass is 10.1. The van der Waals surface area contributed by atoms with Crippen molar-refractivity contribution in [2.45, 2.75) is 20.3 Å². The van der Waals surface area contributed by atoms with Crippen LogP contribution in [0.15, 0.2) is 18.2 Å². The van der Waals surface area contributed by atoms with Gasteiger partial charge < -0.3 is 5.32 Å². The zero-order chi connectivity index (χ0) is 13.8. The largest absolute Gasteiger partial charge is 0.326 e. The van der Waals surface area contributed by atoms with Gasteiger partial charge in [-0.05, 0) is 31.0 Å². The molecule has 2 N–H and O–H groups in total. The molecule has 0 aromatic heterocycles. The Hall–Kier alpha value is -1.40. The highest BCUT2D eigenvalue weighted by molar-refractivity contribution is 7.88. The van der Waals surface area contributed by atoms with E-state index < -0.39 is 10.0 Å². The molecule has 0 unspecified atom stereocenters. The van der Waals surface area contributed by atoms with Crippen LogP contribution in [0.5, 0.6) is 0 Å². The first-order valence-electron chi connectivity index (χ1n) is 5.60. The number of hydrogen-bond acceptors (Lipinski definition) is 3. The van der Waals surface area contributed by atoms with E-state index in [1.807, 2.05) is 32.0 Å². The standard InChI is InChI=1S/C12H18N2O3S/c1-9-5-4-6-11(10(9)2)14-12(15)7-8-13-18(3,16)17/h4-6,13H,7-8H2,1-3H3,(H,14,15). The Balaban J connectivity index is 2.53. The molecule has 0 radical (unpaired) electrons. The summed E-state index contributed by atoms with van der Waals surface area (Å²) >= 11 is 0. The second kappa shape index (κ2) is 5.97. The number of hydrogen-bond donors (Lipinski definition) is 2. The van der Waals surface area contributed by atoms with Gasteiger partial charge in [0.05, 0.1) is 6.26 Å². The first-order valence-corrected chi connectivity index (χ1v) is 7.49. The molecular formula is C12H18N2O3S. The van der Waals surface area contributed by atoms with Crippen LogP contribution < -0.4 is 10.0 Å². The van der Waals surface area contributed by atoms with Crippen LogP contribution in [0.4, 0.5) is 5.69 Å². The number of aryl methyl sites for hydroxylation is 1. The Morgan fingerprint density at radius 3 is 2.56 bits per heavy atom. The normalized spacial score (nSPS) is 11.3. The second-order valence-corrected chi connectivity index (χ2v) is 6.05. The van der Waals surface area contributed by atoms with Crippen molar-refractivity contribution in [2.24, 2.45) is 0 Å². The minimum atomic E-state index is -3.24. The number of sulfonamides is 1. The maximum absolute atomic E-state index is 11.6. The monoisotopic (exact) mass is 270 g/mol. The first-order chi connectivity index (χ1) is 8.29. The third-order valence-electron chi connectivity index (χ3n) is 2.60. The molecule has 5 nitrogen and oxygen atoms in total. The van der Waals surface area contributed by atoms with Gasteiger partial charge in [-0.25, -0.2) is 13.1 Å². The fraction of sp³-hybridized carbons (Fsp3) is 0.417. The van der Waals surface area contributed by atoms with Crippen LogP contribution in [0, 0.1) is 13.8 Å². The predicted octanol–water partition coefficient (Wildman–Crippen LogP) is 1.18. The summed E-state index contributed by atoms with van der Waals surface area (Å²) in [6.07, 6.45) is 1.18. The zero-order valence-corrected chi connectivity index (χ0v) is 11.6. The van der Waals surface area contributed by atoms with Crippen molar-refractivity contribution in [1.82, 2.24) is 4.72 Å². The van der Waals surface area contributed by atoms with E-state index in [1.165, 1.54) is 0 Å². The first kappa shape index (κ1) is 14.7. The molecule has 0 heterocycles. The Morgan fingerprint density at radius 2 is 1.94 bits per heavy atom. The van der Waals surface area contributed by atoms with Crippen LogP contribution in [0.1, 0.15) is 17.5 Å². The van der Waals surface area contributed by atoms with Gasteiger partial charge in [0, 0.05) is 18.7 Å². The maximum Gasteiger partial charge on any atom is 0.225 e. The van der Waals surface area contributed by atoms with Gasteiger partial charge in [-0.2, -0.15) is 0 Å². The van der Waals surface area contributed by atoms with Gasteiger partial charge in [-0.15, -0.1) is 0 Å². The molecule has 1 amide bonds. The lowest BCUT2D eigenvalue weighted by Gasteiger charge is -2.10. The van der Waals surface area contributed by atoms with Crippen molar-refractivity contribution in [3.05, 3.63) is 29.3 Å². The van der Waals surface area contributed by atoms with E-state index in [0.29, 0.717) is 0 Å². The Kier molecular flexibility index (Phi) is 4.86. The van der Waals surface area contributed by atoms with E-state index in [4.69, 9.17) is 0 Å². The van der Waals surface area contributed by atoms with Crippen molar-refractivity contribution < 1.29 is 13.2 Å². The van der Waals surface area contributed by atoms with Gasteiger partial charge in [0.1, 0.15) is 0 Å². The van der Waals surface area contributed by atoms with E-state index in [1.54, 1.807) is 0 Å². The van der Waals surface area contributed by atoms with Crippen molar-refractivity contribution in [3.8, 4) is 0 Å². The predicted molar refractivity (Wildman–Crippen MR) is 72.0 cm³/mol. The quantitative estimate of drug-likeness (QED) is 0.843. The number of benzene rings is 1. The summed E-state index contributed by atoms with van der Waals surface area (Å²) in [5, 5.41) is 2.76. The number of rotatable bonds is 5. The fourth-order valence-electron chi connectivity index (χ4n) is 1.45. The minimum absolute atomic E-state index is 0.107. The summed E-state index contributed by atoms with van der Waals surface area (Å²) in [7, 11) is -3.24. The number of amides is 1. The highest BCUT2D eigenvalue weighted by Gasteiger charge is 2.07. The lowest BCUT2D eigenvalue weighted by molar-refractivity contribution is -0.116. The van der Waals surface area contributed by atoms with Gasteiger partial charge >= 0.3 is 0 Å². The summed E-state index contributed by atoms with van der Waals surface area (Å²) in [6, 6.07) is 5.66. The molecule has 1 rings (SSSR count). The maximum atomic E-state index is 11.6. The van der Waals surface area contributed by atoms with Crippen molar-refractivity contribution in [1.29, 1.82) is 0 Å². The topological polar surface area (TPSA) is 75.3 Å². The van der Waals surface area contributed by atoms with Gasteiger partial charge in [0.2, 0.25) is 15.9 Å². The zero-order valence-electron chi connectivity index (χ0n) is 10.8. The molecule has 0 aliphatic heterocycles. The van der Waals surface area contributed by atoms with Gasteiger partial charge in [0.15, 0.2) is 0 Å². The van der Waals surface area contributed by atoms with Crippen LogP contribution >= 0.6 is 0 Å². The molecular weight excluding hydrogens is 252 g/mol. The molecule has 0 atom stereocenters. The summed E-state index contributed by atoms with van der Waals surface area (Å²) in [6.45, 7) is 4.01. The molecule has 1 aromatic carbocycles. The number of carbonyl (C=O) groups excluding carboxylic acids is 1. The van der Waals surface area contributed by atoms with Crippen molar-refractivity contribution in [2.75, 3.05) is 18.1 Å².